The van der Waals surface area contributed by atoms with Crippen LogP contribution in [0.25, 0.3) is 6.08 Å². The van der Waals surface area contributed by atoms with Crippen LogP contribution in [-0.4, -0.2) is 17.9 Å². The Balaban J connectivity index is 2.18. The van der Waals surface area contributed by atoms with Crippen molar-refractivity contribution in [1.82, 2.24) is 0 Å². The summed E-state index contributed by atoms with van der Waals surface area (Å²) in [5.74, 6) is 0.531. The molecule has 2 aromatic rings. The molecule has 0 fully saturated rings. The van der Waals surface area contributed by atoms with Gasteiger partial charge in [0.05, 0.1) is 15.6 Å². The van der Waals surface area contributed by atoms with E-state index >= 15 is 0 Å². The number of hydrogen-bond donors (Lipinski definition) is 1. The van der Waals surface area contributed by atoms with Crippen LogP contribution in [0.5, 0.6) is 11.5 Å². The van der Waals surface area contributed by atoms with Gasteiger partial charge < -0.3 is 15.2 Å². The van der Waals surface area contributed by atoms with Crippen molar-refractivity contribution in [3.05, 3.63) is 67.3 Å². The molecular formula is C17H15IN2O5. The number of nitro groups is 1. The van der Waals surface area contributed by atoms with Crippen molar-refractivity contribution in [1.29, 1.82) is 0 Å². The molecule has 8 heteroatoms. The standard InChI is InChI=1S/C17H15IN2O5/c1-24-15-9-12(4-7-16(19)21)8-14(18)17(15)25-10-11-2-5-13(6-3-11)20(22)23/h2-9H,10H2,1H3,(H2,19,21)/b7-4+. The number of hydrogen-bond acceptors (Lipinski definition) is 5. The average molecular weight is 454 g/mol. The summed E-state index contributed by atoms with van der Waals surface area (Å²) in [5.41, 5.74) is 6.67. The minimum Gasteiger partial charge on any atom is -0.493 e. The van der Waals surface area contributed by atoms with E-state index in [9.17, 15) is 14.9 Å². The number of methoxy groups -OCH3 is 1. The van der Waals surface area contributed by atoms with Crippen LogP contribution in [0.3, 0.4) is 0 Å². The van der Waals surface area contributed by atoms with E-state index in [0.717, 1.165) is 14.7 Å². The van der Waals surface area contributed by atoms with Crippen LogP contribution in [-0.2, 0) is 11.4 Å². The molecule has 25 heavy (non-hydrogen) atoms. The van der Waals surface area contributed by atoms with Crippen molar-refractivity contribution < 1.29 is 19.2 Å². The third-order valence-electron chi connectivity index (χ3n) is 3.22. The quantitative estimate of drug-likeness (QED) is 0.299. The van der Waals surface area contributed by atoms with Gasteiger partial charge in [0.25, 0.3) is 5.69 Å². The Morgan fingerprint density at radius 1 is 1.32 bits per heavy atom. The molecule has 130 valence electrons. The predicted molar refractivity (Wildman–Crippen MR) is 101 cm³/mol. The zero-order valence-corrected chi connectivity index (χ0v) is 15.4. The summed E-state index contributed by atoms with van der Waals surface area (Å²) in [4.78, 5) is 21.1. The summed E-state index contributed by atoms with van der Waals surface area (Å²) in [6.07, 6.45) is 2.86. The molecule has 0 unspecified atom stereocenters. The van der Waals surface area contributed by atoms with Crippen LogP contribution < -0.4 is 15.2 Å². The van der Waals surface area contributed by atoms with Crippen molar-refractivity contribution in [2.45, 2.75) is 6.61 Å². The third-order valence-corrected chi connectivity index (χ3v) is 4.02. The number of carbonyl (C=O) groups excluding carboxylic acids is 1. The molecule has 0 saturated heterocycles. The maximum atomic E-state index is 10.8. The normalized spacial score (nSPS) is 10.6. The molecule has 0 aliphatic rings. The average Bonchev–Trinajstić information content (AvgIpc) is 2.58. The summed E-state index contributed by atoms with van der Waals surface area (Å²) in [7, 11) is 1.52. The van der Waals surface area contributed by atoms with Crippen molar-refractivity contribution in [3.63, 3.8) is 0 Å². The van der Waals surface area contributed by atoms with Crippen LogP contribution in [0, 0.1) is 13.7 Å². The van der Waals surface area contributed by atoms with Crippen molar-refractivity contribution in [2.24, 2.45) is 5.73 Å². The molecule has 1 amide bonds. The number of amides is 1. The van der Waals surface area contributed by atoms with Crippen LogP contribution in [0.1, 0.15) is 11.1 Å². The fourth-order valence-electron chi connectivity index (χ4n) is 2.02. The molecule has 0 saturated carbocycles. The highest BCUT2D eigenvalue weighted by atomic mass is 127. The zero-order valence-electron chi connectivity index (χ0n) is 13.3. The summed E-state index contributed by atoms with van der Waals surface area (Å²) in [6.45, 7) is 0.237. The maximum Gasteiger partial charge on any atom is 0.269 e. The van der Waals surface area contributed by atoms with Gasteiger partial charge in [-0.05, 0) is 64.1 Å². The minimum atomic E-state index is -0.535. The van der Waals surface area contributed by atoms with E-state index in [4.69, 9.17) is 15.2 Å². The lowest BCUT2D eigenvalue weighted by Gasteiger charge is -2.13. The van der Waals surface area contributed by atoms with Gasteiger partial charge in [0.2, 0.25) is 5.91 Å². The van der Waals surface area contributed by atoms with Gasteiger partial charge in [0.1, 0.15) is 6.61 Å². The third kappa shape index (κ3) is 5.18. The van der Waals surface area contributed by atoms with E-state index in [1.165, 1.54) is 25.3 Å². The molecular weight excluding hydrogens is 439 g/mol. The minimum absolute atomic E-state index is 0.0292. The number of rotatable bonds is 7. The van der Waals surface area contributed by atoms with Gasteiger partial charge >= 0.3 is 0 Å². The Morgan fingerprint density at radius 2 is 2.00 bits per heavy atom. The second-order valence-corrected chi connectivity index (χ2v) is 6.14. The van der Waals surface area contributed by atoms with Gasteiger partial charge in [-0.3, -0.25) is 14.9 Å². The van der Waals surface area contributed by atoms with Gasteiger partial charge in [-0.15, -0.1) is 0 Å². The Morgan fingerprint density at radius 3 is 2.56 bits per heavy atom. The Kier molecular flexibility index (Phi) is 6.34. The van der Waals surface area contributed by atoms with Gasteiger partial charge in [-0.1, -0.05) is 0 Å². The van der Waals surface area contributed by atoms with Crippen molar-refractivity contribution in [3.8, 4) is 11.5 Å². The molecule has 0 bridgehead atoms. The molecule has 2 N–H and O–H groups in total. The fraction of sp³-hybridized carbons (Fsp3) is 0.118. The van der Waals surface area contributed by atoms with E-state index in [1.807, 2.05) is 6.07 Å². The number of primary amides is 1. The van der Waals surface area contributed by atoms with Crippen molar-refractivity contribution >= 4 is 40.3 Å². The predicted octanol–water partition coefficient (Wildman–Crippen LogP) is 3.29. The van der Waals surface area contributed by atoms with E-state index < -0.39 is 10.8 Å². The van der Waals surface area contributed by atoms with Crippen LogP contribution in [0.15, 0.2) is 42.5 Å². The summed E-state index contributed by atoms with van der Waals surface area (Å²) in [6, 6.07) is 9.70. The number of nitrogens with two attached hydrogens (primary N) is 1. The first-order chi connectivity index (χ1) is 11.9. The fourth-order valence-corrected chi connectivity index (χ4v) is 2.80. The lowest BCUT2D eigenvalue weighted by molar-refractivity contribution is -0.384. The van der Waals surface area contributed by atoms with Gasteiger partial charge in [-0.25, -0.2) is 0 Å². The Bertz CT molecular complexity index is 819. The Labute approximate surface area is 157 Å². The lowest BCUT2D eigenvalue weighted by atomic mass is 10.2. The van der Waals surface area contributed by atoms with Crippen LogP contribution in [0.2, 0.25) is 0 Å². The zero-order chi connectivity index (χ0) is 18.4. The molecule has 7 nitrogen and oxygen atoms in total. The van der Waals surface area contributed by atoms with E-state index in [2.05, 4.69) is 22.6 Å². The largest absolute Gasteiger partial charge is 0.493 e. The highest BCUT2D eigenvalue weighted by molar-refractivity contribution is 14.1. The lowest BCUT2D eigenvalue weighted by Crippen LogP contribution is -2.05. The molecule has 0 aliphatic carbocycles. The molecule has 2 rings (SSSR count). The number of nitro benzene ring substituents is 1. The molecule has 0 aromatic heterocycles. The smallest absolute Gasteiger partial charge is 0.269 e. The molecule has 0 spiro atoms. The van der Waals surface area contributed by atoms with Crippen LogP contribution >= 0.6 is 22.6 Å². The number of benzene rings is 2. The van der Waals surface area contributed by atoms with Gasteiger partial charge in [0.15, 0.2) is 11.5 Å². The first kappa shape index (κ1) is 18.7. The number of non-ortho nitro benzene ring substituents is 1. The highest BCUT2D eigenvalue weighted by Gasteiger charge is 2.12. The first-order valence-corrected chi connectivity index (χ1v) is 8.19. The number of ether oxygens (including phenoxy) is 2. The summed E-state index contributed by atoms with van der Waals surface area (Å²) in [5, 5.41) is 10.7. The maximum absolute atomic E-state index is 10.8. The van der Waals surface area contributed by atoms with Gasteiger partial charge in [0, 0.05) is 18.2 Å². The number of carbonyl (C=O) groups is 1. The molecule has 2 aromatic carbocycles. The van der Waals surface area contributed by atoms with Crippen molar-refractivity contribution in [2.75, 3.05) is 7.11 Å². The summed E-state index contributed by atoms with van der Waals surface area (Å²) < 4.78 is 11.9. The second kappa shape index (κ2) is 8.47. The monoisotopic (exact) mass is 454 g/mol. The first-order valence-electron chi connectivity index (χ1n) is 7.12. The molecule has 0 radical (unpaired) electrons. The highest BCUT2D eigenvalue weighted by Crippen LogP contribution is 2.35. The van der Waals surface area contributed by atoms with E-state index in [0.29, 0.717) is 11.5 Å². The van der Waals surface area contributed by atoms with E-state index in [-0.39, 0.29) is 12.3 Å². The SMILES string of the molecule is COc1cc(/C=C/C(N)=O)cc(I)c1OCc1ccc([N+](=O)[O-])cc1. The Hall–Kier alpha value is -2.62. The number of halogens is 1. The van der Waals surface area contributed by atoms with Gasteiger partial charge in [-0.2, -0.15) is 0 Å². The second-order valence-electron chi connectivity index (χ2n) is 4.98. The molecule has 0 aliphatic heterocycles. The van der Waals surface area contributed by atoms with Crippen LogP contribution in [0.4, 0.5) is 5.69 Å². The molecule has 0 heterocycles. The molecule has 0 atom stereocenters. The summed E-state index contributed by atoms with van der Waals surface area (Å²) >= 11 is 2.10. The van der Waals surface area contributed by atoms with E-state index in [1.54, 1.807) is 24.3 Å². The number of nitrogens with zero attached hydrogens (tertiary/aromatic N) is 1. The topological polar surface area (TPSA) is 105 Å².